The van der Waals surface area contributed by atoms with Gasteiger partial charge in [0, 0.05) is 39.0 Å². The van der Waals surface area contributed by atoms with Crippen LogP contribution in [-0.2, 0) is 0 Å². The predicted octanol–water partition coefficient (Wildman–Crippen LogP) is 17.0. The summed E-state index contributed by atoms with van der Waals surface area (Å²) in [5, 5.41) is 7.04. The van der Waals surface area contributed by atoms with Gasteiger partial charge in [0.25, 0.3) is 0 Å². The molecular weight excluding hydrogens is 801 g/mol. The van der Waals surface area contributed by atoms with E-state index in [0.29, 0.717) is 5.95 Å². The third-order valence-electron chi connectivity index (χ3n) is 12.6. The Labute approximate surface area is 384 Å². The Balaban J connectivity index is 1.09. The molecule has 4 heteroatoms. The molecule has 310 valence electrons. The van der Waals surface area contributed by atoms with Crippen molar-refractivity contribution in [2.45, 2.75) is 0 Å². The maximum absolute atomic E-state index is 5.36. The summed E-state index contributed by atoms with van der Waals surface area (Å²) in [6, 6.07) is 90.7. The van der Waals surface area contributed by atoms with Gasteiger partial charge in [0.1, 0.15) is 0 Å². The lowest BCUT2D eigenvalue weighted by atomic mass is 9.91. The van der Waals surface area contributed by atoms with Gasteiger partial charge < -0.3 is 4.90 Å². The van der Waals surface area contributed by atoms with Gasteiger partial charge in [0.05, 0.1) is 22.8 Å². The minimum atomic E-state index is 0.597. The Morgan fingerprint density at radius 2 is 0.621 bits per heavy atom. The molecule has 0 amide bonds. The Hall–Kier alpha value is -8.86. The quantitative estimate of drug-likeness (QED) is 0.128. The summed E-state index contributed by atoms with van der Waals surface area (Å²) in [6.07, 6.45) is 0. The summed E-state index contributed by atoms with van der Waals surface area (Å²) >= 11 is 0. The van der Waals surface area contributed by atoms with Crippen LogP contribution in [0.25, 0.3) is 77.1 Å². The van der Waals surface area contributed by atoms with Crippen LogP contribution >= 0.6 is 0 Å². The second kappa shape index (κ2) is 16.7. The molecule has 0 radical (unpaired) electrons. The van der Waals surface area contributed by atoms with E-state index in [-0.39, 0.29) is 0 Å². The molecule has 0 saturated heterocycles. The average Bonchev–Trinajstić information content (AvgIpc) is 3.40. The second-order valence-electron chi connectivity index (χ2n) is 16.6. The van der Waals surface area contributed by atoms with Crippen molar-refractivity contribution in [3.8, 4) is 44.8 Å². The molecule has 0 fully saturated rings. The van der Waals surface area contributed by atoms with Gasteiger partial charge in [-0.2, -0.15) is 0 Å². The van der Waals surface area contributed by atoms with Crippen LogP contribution in [0, 0.1) is 0 Å². The zero-order valence-corrected chi connectivity index (χ0v) is 36.0. The summed E-state index contributed by atoms with van der Waals surface area (Å²) in [5.74, 6) is 0.597. The van der Waals surface area contributed by atoms with Crippen molar-refractivity contribution >= 4 is 66.7 Å². The van der Waals surface area contributed by atoms with Gasteiger partial charge in [0.2, 0.25) is 5.95 Å². The molecule has 12 rings (SSSR count). The van der Waals surface area contributed by atoms with Gasteiger partial charge in [0.15, 0.2) is 0 Å². The molecular formula is C62H42N4. The van der Waals surface area contributed by atoms with E-state index in [2.05, 4.69) is 252 Å². The van der Waals surface area contributed by atoms with E-state index in [0.717, 1.165) is 72.9 Å². The Kier molecular flexibility index (Phi) is 9.81. The molecule has 0 N–H and O–H groups in total. The number of para-hydroxylation sites is 2. The highest BCUT2D eigenvalue weighted by Crippen LogP contribution is 2.48. The summed E-state index contributed by atoms with van der Waals surface area (Å²) in [7, 11) is 0. The smallest absolute Gasteiger partial charge is 0.235 e. The van der Waals surface area contributed by atoms with Gasteiger partial charge in [-0.25, -0.2) is 9.97 Å². The fourth-order valence-corrected chi connectivity index (χ4v) is 9.49. The first kappa shape index (κ1) is 38.8. The number of aromatic nitrogens is 2. The van der Waals surface area contributed by atoms with Gasteiger partial charge in [-0.15, -0.1) is 0 Å². The molecule has 12 aromatic rings. The van der Waals surface area contributed by atoms with Crippen LogP contribution in [0.5, 0.6) is 0 Å². The van der Waals surface area contributed by atoms with Crippen LogP contribution in [0.3, 0.4) is 0 Å². The SMILES string of the molecule is c1ccc(-c2cc(-c3ccccc3)cc(N(c3ccccc3)c3ccc4ccc5c(N(c6ccccc6)c6nc(-c7ccccc7)cc(-c7ccccc7)n6)ccc6ccc3c4c65)c2)cc1. The van der Waals surface area contributed by atoms with E-state index in [1.54, 1.807) is 0 Å². The zero-order valence-electron chi connectivity index (χ0n) is 36.0. The highest BCUT2D eigenvalue weighted by atomic mass is 15.3. The van der Waals surface area contributed by atoms with E-state index in [1.807, 2.05) is 12.1 Å². The largest absolute Gasteiger partial charge is 0.310 e. The Morgan fingerprint density at radius 1 is 0.258 bits per heavy atom. The van der Waals surface area contributed by atoms with Crippen molar-refractivity contribution in [1.29, 1.82) is 0 Å². The topological polar surface area (TPSA) is 32.3 Å². The summed E-state index contributed by atoms with van der Waals surface area (Å²) in [4.78, 5) is 15.4. The molecule has 0 aliphatic heterocycles. The molecule has 0 unspecified atom stereocenters. The van der Waals surface area contributed by atoms with Crippen molar-refractivity contribution in [2.75, 3.05) is 9.80 Å². The standard InChI is InChI=1S/C62H42N4/c1-7-19-43(20-8-1)49-39-50(44-21-9-2-10-22-44)41-53(40-49)65(51-27-15-5-16-28-51)58-37-33-47-32-36-55-59(38-34-48-31-35-54(58)60(47)61(48)55)66(52-29-17-6-18-30-52)62-63-56(45-23-11-3-12-24-45)42-57(64-62)46-25-13-4-14-26-46/h1-42H. The fourth-order valence-electron chi connectivity index (χ4n) is 9.49. The van der Waals surface area contributed by atoms with Gasteiger partial charge in [-0.1, -0.05) is 194 Å². The number of hydrogen-bond donors (Lipinski definition) is 0. The summed E-state index contributed by atoms with van der Waals surface area (Å²) < 4.78 is 0. The number of benzene rings is 11. The molecule has 0 aliphatic carbocycles. The molecule has 0 bridgehead atoms. The predicted molar refractivity (Wildman–Crippen MR) is 277 cm³/mol. The molecule has 66 heavy (non-hydrogen) atoms. The number of nitrogens with zero attached hydrogens (tertiary/aromatic N) is 4. The van der Waals surface area contributed by atoms with Crippen molar-refractivity contribution in [3.63, 3.8) is 0 Å². The van der Waals surface area contributed by atoms with E-state index >= 15 is 0 Å². The molecule has 0 aliphatic rings. The molecule has 4 nitrogen and oxygen atoms in total. The molecule has 1 heterocycles. The lowest BCUT2D eigenvalue weighted by molar-refractivity contribution is 1.09. The highest BCUT2D eigenvalue weighted by Gasteiger charge is 2.24. The van der Waals surface area contributed by atoms with Gasteiger partial charge in [-0.3, -0.25) is 4.90 Å². The monoisotopic (exact) mass is 842 g/mol. The minimum Gasteiger partial charge on any atom is -0.310 e. The van der Waals surface area contributed by atoms with Crippen LogP contribution in [0.4, 0.5) is 34.4 Å². The first-order chi connectivity index (χ1) is 32.7. The maximum atomic E-state index is 5.36. The first-order valence-electron chi connectivity index (χ1n) is 22.4. The third-order valence-corrected chi connectivity index (χ3v) is 12.6. The number of anilines is 6. The van der Waals surface area contributed by atoms with E-state index < -0.39 is 0 Å². The first-order valence-corrected chi connectivity index (χ1v) is 22.4. The zero-order chi connectivity index (χ0) is 43.8. The molecule has 0 spiro atoms. The van der Waals surface area contributed by atoms with Crippen molar-refractivity contribution in [1.82, 2.24) is 9.97 Å². The summed E-state index contributed by atoms with van der Waals surface area (Å²) in [6.45, 7) is 0. The Bertz CT molecular complexity index is 3260. The normalized spacial score (nSPS) is 11.3. The molecule has 0 saturated carbocycles. The van der Waals surface area contributed by atoms with Crippen molar-refractivity contribution < 1.29 is 0 Å². The van der Waals surface area contributed by atoms with Gasteiger partial charge in [-0.05, 0) is 104 Å². The average molecular weight is 843 g/mol. The van der Waals surface area contributed by atoms with Crippen LogP contribution < -0.4 is 9.80 Å². The highest BCUT2D eigenvalue weighted by molar-refractivity contribution is 6.28. The minimum absolute atomic E-state index is 0.597. The van der Waals surface area contributed by atoms with Crippen LogP contribution in [0.15, 0.2) is 255 Å². The molecule has 1 aromatic heterocycles. The van der Waals surface area contributed by atoms with E-state index in [1.165, 1.54) is 32.7 Å². The molecule has 0 atom stereocenters. The lowest BCUT2D eigenvalue weighted by Crippen LogP contribution is -2.15. The van der Waals surface area contributed by atoms with Gasteiger partial charge >= 0.3 is 0 Å². The van der Waals surface area contributed by atoms with Crippen molar-refractivity contribution in [2.24, 2.45) is 0 Å². The number of hydrogen-bond acceptors (Lipinski definition) is 4. The van der Waals surface area contributed by atoms with Crippen LogP contribution in [0.2, 0.25) is 0 Å². The number of rotatable bonds is 10. The van der Waals surface area contributed by atoms with Crippen LogP contribution in [0.1, 0.15) is 0 Å². The van der Waals surface area contributed by atoms with E-state index in [4.69, 9.17) is 9.97 Å². The van der Waals surface area contributed by atoms with Crippen molar-refractivity contribution in [3.05, 3.63) is 255 Å². The maximum Gasteiger partial charge on any atom is 0.235 e. The molecule has 11 aromatic carbocycles. The summed E-state index contributed by atoms with van der Waals surface area (Å²) in [5.41, 5.74) is 13.7. The van der Waals surface area contributed by atoms with Crippen LogP contribution in [-0.4, -0.2) is 9.97 Å². The fraction of sp³-hybridized carbons (Fsp3) is 0. The third kappa shape index (κ3) is 7.08. The Morgan fingerprint density at radius 3 is 1.06 bits per heavy atom. The second-order valence-corrected chi connectivity index (χ2v) is 16.6. The lowest BCUT2D eigenvalue weighted by Gasteiger charge is -2.29. The van der Waals surface area contributed by atoms with E-state index in [9.17, 15) is 0 Å².